The standard InChI is InChI=1S/C13H14BrClFNO/c14-8-9-4-6-17(7-5-9)13(18)10-2-1-3-11(16)12(10)15/h1-3,9H,4-8H2. The Labute approximate surface area is 119 Å². The molecule has 1 aromatic carbocycles. The van der Waals surface area contributed by atoms with Gasteiger partial charge >= 0.3 is 0 Å². The number of piperidine rings is 1. The summed E-state index contributed by atoms with van der Waals surface area (Å²) in [6, 6.07) is 4.35. The van der Waals surface area contributed by atoms with Crippen molar-refractivity contribution in [2.45, 2.75) is 12.8 Å². The minimum absolute atomic E-state index is 0.0786. The van der Waals surface area contributed by atoms with Gasteiger partial charge in [-0.1, -0.05) is 33.6 Å². The van der Waals surface area contributed by atoms with Gasteiger partial charge in [-0.2, -0.15) is 0 Å². The summed E-state index contributed by atoms with van der Waals surface area (Å²) in [7, 11) is 0. The molecule has 0 bridgehead atoms. The van der Waals surface area contributed by atoms with Crippen LogP contribution in [0.2, 0.25) is 5.02 Å². The van der Waals surface area contributed by atoms with Gasteiger partial charge in [0.15, 0.2) is 0 Å². The van der Waals surface area contributed by atoms with Gasteiger partial charge in [0.2, 0.25) is 0 Å². The Balaban J connectivity index is 2.10. The molecule has 0 unspecified atom stereocenters. The number of amides is 1. The lowest BCUT2D eigenvalue weighted by Gasteiger charge is -2.31. The molecule has 0 aliphatic carbocycles. The predicted molar refractivity (Wildman–Crippen MR) is 73.8 cm³/mol. The maximum Gasteiger partial charge on any atom is 0.255 e. The van der Waals surface area contributed by atoms with E-state index in [-0.39, 0.29) is 16.5 Å². The zero-order chi connectivity index (χ0) is 13.1. The van der Waals surface area contributed by atoms with Crippen molar-refractivity contribution >= 4 is 33.4 Å². The van der Waals surface area contributed by atoms with Gasteiger partial charge in [0.25, 0.3) is 5.91 Å². The van der Waals surface area contributed by atoms with E-state index in [1.165, 1.54) is 12.1 Å². The van der Waals surface area contributed by atoms with Crippen molar-refractivity contribution in [1.82, 2.24) is 4.90 Å². The molecule has 5 heteroatoms. The third kappa shape index (κ3) is 2.86. The average Bonchev–Trinajstić information content (AvgIpc) is 2.41. The van der Waals surface area contributed by atoms with Crippen LogP contribution >= 0.6 is 27.5 Å². The molecular weight excluding hydrogens is 321 g/mol. The number of hydrogen-bond acceptors (Lipinski definition) is 1. The first-order chi connectivity index (χ1) is 8.63. The first kappa shape index (κ1) is 13.8. The van der Waals surface area contributed by atoms with Crippen LogP contribution in [0.5, 0.6) is 0 Å². The van der Waals surface area contributed by atoms with Crippen LogP contribution in [-0.2, 0) is 0 Å². The van der Waals surface area contributed by atoms with Crippen molar-refractivity contribution in [1.29, 1.82) is 0 Å². The number of likely N-dealkylation sites (tertiary alicyclic amines) is 1. The molecule has 1 aliphatic heterocycles. The fourth-order valence-corrected chi connectivity index (χ4v) is 2.98. The Morgan fingerprint density at radius 2 is 2.11 bits per heavy atom. The summed E-state index contributed by atoms with van der Waals surface area (Å²) >= 11 is 9.29. The number of rotatable bonds is 2. The highest BCUT2D eigenvalue weighted by atomic mass is 79.9. The first-order valence-electron chi connectivity index (χ1n) is 5.92. The second-order valence-corrected chi connectivity index (χ2v) is 5.52. The van der Waals surface area contributed by atoms with Crippen molar-refractivity contribution in [3.63, 3.8) is 0 Å². The number of carbonyl (C=O) groups is 1. The number of nitrogens with zero attached hydrogens (tertiary/aromatic N) is 1. The monoisotopic (exact) mass is 333 g/mol. The van der Waals surface area contributed by atoms with Crippen LogP contribution in [0, 0.1) is 11.7 Å². The highest BCUT2D eigenvalue weighted by Gasteiger charge is 2.24. The van der Waals surface area contributed by atoms with Crippen LogP contribution < -0.4 is 0 Å². The second kappa shape index (κ2) is 6.02. The third-order valence-electron chi connectivity index (χ3n) is 3.30. The Kier molecular flexibility index (Phi) is 4.62. The second-order valence-electron chi connectivity index (χ2n) is 4.49. The summed E-state index contributed by atoms with van der Waals surface area (Å²) in [5, 5.41) is 0.889. The smallest absolute Gasteiger partial charge is 0.255 e. The molecule has 98 valence electrons. The van der Waals surface area contributed by atoms with E-state index in [0.717, 1.165) is 18.2 Å². The largest absolute Gasteiger partial charge is 0.339 e. The maximum atomic E-state index is 13.3. The van der Waals surface area contributed by atoms with E-state index in [9.17, 15) is 9.18 Å². The third-order valence-corrected chi connectivity index (χ3v) is 4.60. The number of halogens is 3. The Hall–Kier alpha value is -0.610. The molecule has 0 atom stereocenters. The minimum Gasteiger partial charge on any atom is -0.339 e. The summed E-state index contributed by atoms with van der Waals surface area (Å²) < 4.78 is 13.3. The van der Waals surface area contributed by atoms with Crippen LogP contribution in [0.4, 0.5) is 4.39 Å². The molecule has 0 N–H and O–H groups in total. The Morgan fingerprint density at radius 1 is 1.44 bits per heavy atom. The number of carbonyl (C=O) groups excluding carboxylic acids is 1. The molecule has 2 nitrogen and oxygen atoms in total. The quantitative estimate of drug-likeness (QED) is 0.755. The van der Waals surface area contributed by atoms with Crippen molar-refractivity contribution < 1.29 is 9.18 Å². The molecule has 1 fully saturated rings. The summed E-state index contributed by atoms with van der Waals surface area (Å²) in [5.41, 5.74) is 0.258. The molecule has 1 aromatic rings. The van der Waals surface area contributed by atoms with Gasteiger partial charge in [0.05, 0.1) is 10.6 Å². The molecule has 0 aromatic heterocycles. The van der Waals surface area contributed by atoms with Crippen molar-refractivity contribution in [2.24, 2.45) is 5.92 Å². The molecule has 0 spiro atoms. The lowest BCUT2D eigenvalue weighted by atomic mass is 9.98. The van der Waals surface area contributed by atoms with E-state index in [1.807, 2.05) is 0 Å². The van der Waals surface area contributed by atoms with Gasteiger partial charge in [-0.25, -0.2) is 4.39 Å². The summed E-state index contributed by atoms with van der Waals surface area (Å²) in [6.07, 6.45) is 1.95. The fraction of sp³-hybridized carbons (Fsp3) is 0.462. The molecule has 0 radical (unpaired) electrons. The lowest BCUT2D eigenvalue weighted by molar-refractivity contribution is 0.0698. The molecule has 1 amide bonds. The first-order valence-corrected chi connectivity index (χ1v) is 7.42. The van der Waals surface area contributed by atoms with Gasteiger partial charge in [-0.05, 0) is 30.9 Å². The van der Waals surface area contributed by atoms with E-state index >= 15 is 0 Å². The molecule has 1 heterocycles. The van der Waals surface area contributed by atoms with E-state index in [1.54, 1.807) is 11.0 Å². The zero-order valence-electron chi connectivity index (χ0n) is 9.83. The summed E-state index contributed by atoms with van der Waals surface area (Å²) in [4.78, 5) is 14.0. The van der Waals surface area contributed by atoms with Gasteiger partial charge in [-0.15, -0.1) is 0 Å². The van der Waals surface area contributed by atoms with Crippen LogP contribution in [0.1, 0.15) is 23.2 Å². The fourth-order valence-electron chi connectivity index (χ4n) is 2.13. The van der Waals surface area contributed by atoms with E-state index in [2.05, 4.69) is 15.9 Å². The molecule has 0 saturated carbocycles. The number of alkyl halides is 1. The van der Waals surface area contributed by atoms with Crippen LogP contribution in [0.25, 0.3) is 0 Å². The average molecular weight is 335 g/mol. The molecule has 1 saturated heterocycles. The Morgan fingerprint density at radius 3 is 2.72 bits per heavy atom. The predicted octanol–water partition coefficient (Wildman–Crippen LogP) is 3.73. The normalized spacial score (nSPS) is 16.9. The van der Waals surface area contributed by atoms with Crippen LogP contribution in [0.3, 0.4) is 0 Å². The number of hydrogen-bond donors (Lipinski definition) is 0. The SMILES string of the molecule is O=C(c1cccc(F)c1Cl)N1CCC(CBr)CC1. The summed E-state index contributed by atoms with van der Waals surface area (Å²) in [6.45, 7) is 1.42. The van der Waals surface area contributed by atoms with Crippen molar-refractivity contribution in [3.05, 3.63) is 34.6 Å². The number of benzene rings is 1. The van der Waals surface area contributed by atoms with Crippen molar-refractivity contribution in [2.75, 3.05) is 18.4 Å². The minimum atomic E-state index is -0.544. The highest BCUT2D eigenvalue weighted by molar-refractivity contribution is 9.09. The van der Waals surface area contributed by atoms with Crippen LogP contribution in [0.15, 0.2) is 18.2 Å². The van der Waals surface area contributed by atoms with E-state index in [4.69, 9.17) is 11.6 Å². The van der Waals surface area contributed by atoms with Gasteiger partial charge in [0, 0.05) is 18.4 Å². The van der Waals surface area contributed by atoms with Gasteiger partial charge in [0.1, 0.15) is 5.82 Å². The van der Waals surface area contributed by atoms with E-state index < -0.39 is 5.82 Å². The van der Waals surface area contributed by atoms with Crippen molar-refractivity contribution in [3.8, 4) is 0 Å². The zero-order valence-corrected chi connectivity index (χ0v) is 12.2. The van der Waals surface area contributed by atoms with E-state index in [0.29, 0.717) is 19.0 Å². The maximum absolute atomic E-state index is 13.3. The van der Waals surface area contributed by atoms with Gasteiger partial charge < -0.3 is 4.90 Å². The Bertz CT molecular complexity index is 447. The summed E-state index contributed by atoms with van der Waals surface area (Å²) in [5.74, 6) is -0.0950. The molecule has 2 rings (SSSR count). The highest BCUT2D eigenvalue weighted by Crippen LogP contribution is 2.24. The van der Waals surface area contributed by atoms with Gasteiger partial charge in [-0.3, -0.25) is 4.79 Å². The topological polar surface area (TPSA) is 20.3 Å². The lowest BCUT2D eigenvalue weighted by Crippen LogP contribution is -2.39. The molecule has 1 aliphatic rings. The molecular formula is C13H14BrClFNO. The molecule has 18 heavy (non-hydrogen) atoms. The van der Waals surface area contributed by atoms with Crippen LogP contribution in [-0.4, -0.2) is 29.2 Å².